The van der Waals surface area contributed by atoms with Crippen LogP contribution in [0, 0.1) is 0 Å². The molecule has 144 valence electrons. The van der Waals surface area contributed by atoms with E-state index in [1.54, 1.807) is 0 Å². The first-order chi connectivity index (χ1) is 15.4. The van der Waals surface area contributed by atoms with Gasteiger partial charge in [-0.25, -0.2) is 0 Å². The van der Waals surface area contributed by atoms with Gasteiger partial charge in [0, 0.05) is 34.2 Å². The van der Waals surface area contributed by atoms with Crippen LogP contribution < -0.4 is 0 Å². The Balaban J connectivity index is 1.87. The van der Waals surface area contributed by atoms with E-state index in [0.717, 1.165) is 5.69 Å². The Morgan fingerprint density at radius 1 is 0.516 bits per heavy atom. The van der Waals surface area contributed by atoms with Crippen molar-refractivity contribution in [2.24, 2.45) is 0 Å². The SMILES string of the molecule is c1ccc2cc3c(cc2c1)c1c2ccccc2c2ccccc2c1n3-c1ccncc1. The molecule has 5 aromatic carbocycles. The summed E-state index contributed by atoms with van der Waals surface area (Å²) in [6.07, 6.45) is 3.74. The predicted molar refractivity (Wildman–Crippen MR) is 131 cm³/mol. The summed E-state index contributed by atoms with van der Waals surface area (Å²) in [6.45, 7) is 0. The standard InChI is InChI=1S/C29H18N2/c1-2-8-20-18-27-26(17-19(20)7-1)28-24-11-5-3-9-22(24)23-10-4-6-12-25(23)29(28)31(27)21-13-15-30-16-14-21/h1-18H. The highest BCUT2D eigenvalue weighted by Crippen LogP contribution is 2.43. The summed E-state index contributed by atoms with van der Waals surface area (Å²) < 4.78 is 2.41. The largest absolute Gasteiger partial charge is 0.308 e. The van der Waals surface area contributed by atoms with E-state index in [4.69, 9.17) is 0 Å². The van der Waals surface area contributed by atoms with E-state index >= 15 is 0 Å². The Hall–Kier alpha value is -4.17. The van der Waals surface area contributed by atoms with Crippen LogP contribution in [-0.2, 0) is 0 Å². The number of benzene rings is 5. The van der Waals surface area contributed by atoms with E-state index in [9.17, 15) is 0 Å². The maximum atomic E-state index is 4.26. The van der Waals surface area contributed by atoms with Gasteiger partial charge in [0.1, 0.15) is 0 Å². The first kappa shape index (κ1) is 16.6. The van der Waals surface area contributed by atoms with Gasteiger partial charge in [-0.3, -0.25) is 4.98 Å². The molecule has 0 radical (unpaired) electrons. The van der Waals surface area contributed by atoms with Crippen molar-refractivity contribution in [3.8, 4) is 5.69 Å². The van der Waals surface area contributed by atoms with Gasteiger partial charge >= 0.3 is 0 Å². The summed E-state index contributed by atoms with van der Waals surface area (Å²) in [5.41, 5.74) is 3.61. The molecule has 2 heterocycles. The van der Waals surface area contributed by atoms with Gasteiger partial charge in [0.2, 0.25) is 0 Å². The summed E-state index contributed by atoms with van der Waals surface area (Å²) in [6, 6.07) is 35.0. The minimum absolute atomic E-state index is 1.13. The van der Waals surface area contributed by atoms with Crippen LogP contribution >= 0.6 is 0 Å². The molecule has 2 aromatic heterocycles. The maximum absolute atomic E-state index is 4.26. The number of aromatic nitrogens is 2. The van der Waals surface area contributed by atoms with Crippen LogP contribution in [0.5, 0.6) is 0 Å². The van der Waals surface area contributed by atoms with Crippen molar-refractivity contribution in [2.75, 3.05) is 0 Å². The van der Waals surface area contributed by atoms with Gasteiger partial charge in [0.05, 0.1) is 11.0 Å². The average molecular weight is 394 g/mol. The second-order valence-electron chi connectivity index (χ2n) is 8.07. The average Bonchev–Trinajstić information content (AvgIpc) is 3.18. The first-order valence-corrected chi connectivity index (χ1v) is 10.6. The molecule has 7 rings (SSSR count). The Bertz CT molecular complexity index is 1780. The van der Waals surface area contributed by atoms with Crippen molar-refractivity contribution in [1.29, 1.82) is 0 Å². The number of hydrogen-bond donors (Lipinski definition) is 0. The van der Waals surface area contributed by atoms with Crippen LogP contribution in [0.3, 0.4) is 0 Å². The number of rotatable bonds is 1. The molecule has 0 aliphatic rings. The third-order valence-electron chi connectivity index (χ3n) is 6.42. The van der Waals surface area contributed by atoms with E-state index in [2.05, 4.69) is 107 Å². The highest BCUT2D eigenvalue weighted by Gasteiger charge is 2.19. The molecular formula is C29H18N2. The Morgan fingerprint density at radius 2 is 1.10 bits per heavy atom. The lowest BCUT2D eigenvalue weighted by Gasteiger charge is -2.11. The molecule has 0 saturated carbocycles. The molecule has 0 saturated heterocycles. The van der Waals surface area contributed by atoms with Crippen molar-refractivity contribution < 1.29 is 0 Å². The molecule has 0 aliphatic carbocycles. The molecule has 31 heavy (non-hydrogen) atoms. The summed E-state index contributed by atoms with van der Waals surface area (Å²) in [4.78, 5) is 4.26. The molecule has 0 unspecified atom stereocenters. The van der Waals surface area contributed by atoms with Crippen LogP contribution in [0.1, 0.15) is 0 Å². The summed E-state index contributed by atoms with van der Waals surface area (Å²) >= 11 is 0. The maximum Gasteiger partial charge on any atom is 0.0625 e. The molecule has 0 bridgehead atoms. The van der Waals surface area contributed by atoms with Crippen LogP contribution in [0.2, 0.25) is 0 Å². The minimum atomic E-state index is 1.13. The quantitative estimate of drug-likeness (QED) is 0.262. The lowest BCUT2D eigenvalue weighted by atomic mass is 9.96. The van der Waals surface area contributed by atoms with Gasteiger partial charge in [0.25, 0.3) is 0 Å². The summed E-state index contributed by atoms with van der Waals surface area (Å²) in [7, 11) is 0. The molecule has 0 aliphatic heterocycles. The van der Waals surface area contributed by atoms with Gasteiger partial charge < -0.3 is 4.57 Å². The molecule has 0 N–H and O–H groups in total. The summed E-state index contributed by atoms with van der Waals surface area (Å²) in [5.74, 6) is 0. The molecule has 0 amide bonds. The molecule has 7 aromatic rings. The third kappa shape index (κ3) is 2.25. The van der Waals surface area contributed by atoms with Crippen molar-refractivity contribution in [3.63, 3.8) is 0 Å². The number of fused-ring (bicyclic) bond motifs is 9. The lowest BCUT2D eigenvalue weighted by Crippen LogP contribution is -1.95. The van der Waals surface area contributed by atoms with Gasteiger partial charge in [-0.05, 0) is 51.2 Å². The van der Waals surface area contributed by atoms with Gasteiger partial charge in [-0.2, -0.15) is 0 Å². The van der Waals surface area contributed by atoms with E-state index in [1.165, 1.54) is 54.1 Å². The van der Waals surface area contributed by atoms with Gasteiger partial charge in [0.15, 0.2) is 0 Å². The van der Waals surface area contributed by atoms with Crippen molar-refractivity contribution in [1.82, 2.24) is 9.55 Å². The second-order valence-corrected chi connectivity index (χ2v) is 8.07. The molecular weight excluding hydrogens is 376 g/mol. The zero-order valence-corrected chi connectivity index (χ0v) is 16.8. The van der Waals surface area contributed by atoms with Gasteiger partial charge in [-0.1, -0.05) is 72.8 Å². The van der Waals surface area contributed by atoms with Crippen molar-refractivity contribution >= 4 is 54.1 Å². The topological polar surface area (TPSA) is 17.8 Å². The molecule has 2 nitrogen and oxygen atoms in total. The van der Waals surface area contributed by atoms with E-state index in [-0.39, 0.29) is 0 Å². The zero-order valence-electron chi connectivity index (χ0n) is 16.8. The van der Waals surface area contributed by atoms with Crippen LogP contribution in [0.25, 0.3) is 59.8 Å². The minimum Gasteiger partial charge on any atom is -0.308 e. The van der Waals surface area contributed by atoms with E-state index < -0.39 is 0 Å². The fraction of sp³-hybridized carbons (Fsp3) is 0. The van der Waals surface area contributed by atoms with Crippen LogP contribution in [-0.4, -0.2) is 9.55 Å². The molecule has 0 spiro atoms. The van der Waals surface area contributed by atoms with Crippen molar-refractivity contribution in [2.45, 2.75) is 0 Å². The van der Waals surface area contributed by atoms with E-state index in [1.807, 2.05) is 12.4 Å². The van der Waals surface area contributed by atoms with Gasteiger partial charge in [-0.15, -0.1) is 0 Å². The fourth-order valence-electron chi connectivity index (χ4n) is 5.12. The fourth-order valence-corrected chi connectivity index (χ4v) is 5.12. The molecule has 2 heteroatoms. The lowest BCUT2D eigenvalue weighted by molar-refractivity contribution is 1.16. The van der Waals surface area contributed by atoms with Crippen LogP contribution in [0.15, 0.2) is 109 Å². The Kier molecular flexibility index (Phi) is 3.30. The molecule has 0 atom stereocenters. The first-order valence-electron chi connectivity index (χ1n) is 10.6. The third-order valence-corrected chi connectivity index (χ3v) is 6.42. The van der Waals surface area contributed by atoms with E-state index in [0.29, 0.717) is 0 Å². The summed E-state index contributed by atoms with van der Waals surface area (Å²) in [5, 5.41) is 10.3. The normalized spacial score (nSPS) is 11.9. The smallest absolute Gasteiger partial charge is 0.0625 e. The number of nitrogens with zero attached hydrogens (tertiary/aromatic N) is 2. The Labute approximate surface area is 179 Å². The highest BCUT2D eigenvalue weighted by atomic mass is 15.0. The number of pyridine rings is 1. The highest BCUT2D eigenvalue weighted by molar-refractivity contribution is 6.32. The second kappa shape index (κ2) is 6.16. The number of hydrogen-bond acceptors (Lipinski definition) is 1. The Morgan fingerprint density at radius 3 is 1.84 bits per heavy atom. The zero-order chi connectivity index (χ0) is 20.4. The van der Waals surface area contributed by atoms with Crippen molar-refractivity contribution in [3.05, 3.63) is 109 Å². The molecule has 0 fully saturated rings. The van der Waals surface area contributed by atoms with Crippen LogP contribution in [0.4, 0.5) is 0 Å². The predicted octanol–water partition coefficient (Wildman–Crippen LogP) is 7.64. The monoisotopic (exact) mass is 394 g/mol.